The van der Waals surface area contributed by atoms with Crippen LogP contribution in [0.3, 0.4) is 0 Å². The van der Waals surface area contributed by atoms with Crippen LogP contribution < -0.4 is 5.73 Å². The van der Waals surface area contributed by atoms with Crippen LogP contribution in [0.15, 0.2) is 24.3 Å². The van der Waals surface area contributed by atoms with E-state index in [1.54, 1.807) is 6.07 Å². The van der Waals surface area contributed by atoms with E-state index in [1.165, 1.54) is 25.0 Å². The molecule has 1 atom stereocenters. The van der Waals surface area contributed by atoms with Gasteiger partial charge in [0.1, 0.15) is 0 Å². The summed E-state index contributed by atoms with van der Waals surface area (Å²) < 4.78 is 39.2. The Labute approximate surface area is 124 Å². The van der Waals surface area contributed by atoms with Gasteiger partial charge in [0.25, 0.3) is 0 Å². The molecule has 2 N–H and O–H groups in total. The average molecular weight is 299 g/mol. The second-order valence-electron chi connectivity index (χ2n) is 6.18. The Balaban J connectivity index is 2.09. The number of nitrogens with two attached hydrogens (primary N) is 1. The van der Waals surface area contributed by atoms with Gasteiger partial charge in [0, 0.05) is 6.04 Å². The number of rotatable bonds is 4. The zero-order valence-corrected chi connectivity index (χ0v) is 12.5. The summed E-state index contributed by atoms with van der Waals surface area (Å²) >= 11 is 0. The Kier molecular flexibility index (Phi) is 5.31. The van der Waals surface area contributed by atoms with Crippen molar-refractivity contribution in [3.63, 3.8) is 0 Å². The van der Waals surface area contributed by atoms with Crippen LogP contribution in [-0.2, 0) is 6.18 Å². The number of benzene rings is 1. The topological polar surface area (TPSA) is 26.0 Å². The maximum atomic E-state index is 13.1. The summed E-state index contributed by atoms with van der Waals surface area (Å²) in [6, 6.07) is 5.24. The van der Waals surface area contributed by atoms with E-state index in [0.717, 1.165) is 37.7 Å². The molecule has 1 saturated carbocycles. The molecular formula is C17H24F3N. The number of alkyl halides is 3. The SMILES string of the molecule is CCCC1CCC(C(N)c2ccccc2C(F)(F)F)CC1. The van der Waals surface area contributed by atoms with Crippen LogP contribution in [0.2, 0.25) is 0 Å². The van der Waals surface area contributed by atoms with Crippen LogP contribution >= 0.6 is 0 Å². The zero-order chi connectivity index (χ0) is 15.5. The molecule has 2 rings (SSSR count). The highest BCUT2D eigenvalue weighted by molar-refractivity contribution is 5.32. The summed E-state index contributed by atoms with van der Waals surface area (Å²) in [6.45, 7) is 2.18. The molecule has 0 bridgehead atoms. The van der Waals surface area contributed by atoms with E-state index >= 15 is 0 Å². The Morgan fingerprint density at radius 1 is 1.14 bits per heavy atom. The minimum atomic E-state index is -4.33. The fraction of sp³-hybridized carbons (Fsp3) is 0.647. The van der Waals surface area contributed by atoms with E-state index in [1.807, 2.05) is 0 Å². The lowest BCUT2D eigenvalue weighted by atomic mass is 9.75. The fourth-order valence-electron chi connectivity index (χ4n) is 3.54. The second-order valence-corrected chi connectivity index (χ2v) is 6.18. The summed E-state index contributed by atoms with van der Waals surface area (Å²) in [5, 5.41) is 0. The van der Waals surface area contributed by atoms with Crippen LogP contribution in [0.5, 0.6) is 0 Å². The van der Waals surface area contributed by atoms with Gasteiger partial charge in [-0.25, -0.2) is 0 Å². The summed E-state index contributed by atoms with van der Waals surface area (Å²) in [7, 11) is 0. The zero-order valence-electron chi connectivity index (χ0n) is 12.5. The molecule has 0 aliphatic heterocycles. The third-order valence-corrected chi connectivity index (χ3v) is 4.72. The van der Waals surface area contributed by atoms with Crippen LogP contribution in [0, 0.1) is 11.8 Å². The summed E-state index contributed by atoms with van der Waals surface area (Å²) in [4.78, 5) is 0. The molecule has 118 valence electrons. The number of hydrogen-bond donors (Lipinski definition) is 1. The molecule has 1 fully saturated rings. The fourth-order valence-corrected chi connectivity index (χ4v) is 3.54. The van der Waals surface area contributed by atoms with Crippen molar-refractivity contribution >= 4 is 0 Å². The molecule has 0 amide bonds. The standard InChI is InChI=1S/C17H24F3N/c1-2-5-12-8-10-13(11-9-12)16(21)14-6-3-4-7-15(14)17(18,19)20/h3-4,6-7,12-13,16H,2,5,8-11,21H2,1H3. The molecule has 0 heterocycles. The van der Waals surface area contributed by atoms with Gasteiger partial charge in [-0.05, 0) is 36.3 Å². The predicted molar refractivity (Wildman–Crippen MR) is 78.7 cm³/mol. The van der Waals surface area contributed by atoms with E-state index in [9.17, 15) is 13.2 Å². The van der Waals surface area contributed by atoms with Crippen molar-refractivity contribution < 1.29 is 13.2 Å². The minimum absolute atomic E-state index is 0.168. The first-order valence-corrected chi connectivity index (χ1v) is 7.85. The van der Waals surface area contributed by atoms with E-state index in [4.69, 9.17) is 5.73 Å². The molecule has 0 saturated heterocycles. The van der Waals surface area contributed by atoms with Gasteiger partial charge in [0.2, 0.25) is 0 Å². The highest BCUT2D eigenvalue weighted by atomic mass is 19.4. The molecule has 0 spiro atoms. The van der Waals surface area contributed by atoms with Gasteiger partial charge in [0.15, 0.2) is 0 Å². The lowest BCUT2D eigenvalue weighted by Gasteiger charge is -2.33. The first kappa shape index (κ1) is 16.3. The van der Waals surface area contributed by atoms with Crippen molar-refractivity contribution in [1.29, 1.82) is 0 Å². The monoisotopic (exact) mass is 299 g/mol. The van der Waals surface area contributed by atoms with E-state index < -0.39 is 17.8 Å². The third kappa shape index (κ3) is 4.00. The highest BCUT2D eigenvalue weighted by Gasteiger charge is 2.36. The lowest BCUT2D eigenvalue weighted by Crippen LogP contribution is -2.28. The molecule has 1 unspecified atom stereocenters. The molecule has 1 nitrogen and oxygen atoms in total. The second kappa shape index (κ2) is 6.82. The van der Waals surface area contributed by atoms with Crippen molar-refractivity contribution in [2.75, 3.05) is 0 Å². The normalized spacial score (nSPS) is 24.8. The van der Waals surface area contributed by atoms with Gasteiger partial charge < -0.3 is 5.73 Å². The van der Waals surface area contributed by atoms with Crippen LogP contribution in [-0.4, -0.2) is 0 Å². The Morgan fingerprint density at radius 3 is 2.33 bits per heavy atom. The Morgan fingerprint density at radius 2 is 1.76 bits per heavy atom. The molecule has 1 aliphatic rings. The van der Waals surface area contributed by atoms with Crippen molar-refractivity contribution in [2.45, 2.75) is 57.7 Å². The van der Waals surface area contributed by atoms with Crippen LogP contribution in [0.4, 0.5) is 13.2 Å². The van der Waals surface area contributed by atoms with Crippen LogP contribution in [0.25, 0.3) is 0 Å². The average Bonchev–Trinajstić information content (AvgIpc) is 2.47. The van der Waals surface area contributed by atoms with Crippen molar-refractivity contribution in [2.24, 2.45) is 17.6 Å². The number of halogens is 3. The smallest absolute Gasteiger partial charge is 0.324 e. The highest BCUT2D eigenvalue weighted by Crippen LogP contribution is 2.41. The Hall–Kier alpha value is -1.03. The van der Waals surface area contributed by atoms with Gasteiger partial charge in [-0.15, -0.1) is 0 Å². The third-order valence-electron chi connectivity index (χ3n) is 4.72. The summed E-state index contributed by atoms with van der Waals surface area (Å²) in [6.07, 6.45) is 2.16. The number of hydrogen-bond acceptors (Lipinski definition) is 1. The molecule has 1 aromatic rings. The molecule has 0 aromatic heterocycles. The predicted octanol–water partition coefficient (Wildman–Crippen LogP) is 5.31. The van der Waals surface area contributed by atoms with Gasteiger partial charge >= 0.3 is 6.18 Å². The largest absolute Gasteiger partial charge is 0.416 e. The molecule has 1 aliphatic carbocycles. The Bertz CT molecular complexity index is 448. The molecular weight excluding hydrogens is 275 g/mol. The van der Waals surface area contributed by atoms with Gasteiger partial charge in [0.05, 0.1) is 5.56 Å². The van der Waals surface area contributed by atoms with E-state index in [2.05, 4.69) is 6.92 Å². The minimum Gasteiger partial charge on any atom is -0.324 e. The maximum absolute atomic E-state index is 13.1. The van der Waals surface area contributed by atoms with Crippen molar-refractivity contribution in [1.82, 2.24) is 0 Å². The molecule has 21 heavy (non-hydrogen) atoms. The van der Waals surface area contributed by atoms with Gasteiger partial charge in [-0.1, -0.05) is 50.8 Å². The van der Waals surface area contributed by atoms with E-state index in [0.29, 0.717) is 0 Å². The lowest BCUT2D eigenvalue weighted by molar-refractivity contribution is -0.138. The van der Waals surface area contributed by atoms with Crippen molar-refractivity contribution in [3.8, 4) is 0 Å². The van der Waals surface area contributed by atoms with Gasteiger partial charge in [-0.3, -0.25) is 0 Å². The van der Waals surface area contributed by atoms with Crippen molar-refractivity contribution in [3.05, 3.63) is 35.4 Å². The first-order valence-electron chi connectivity index (χ1n) is 7.85. The van der Waals surface area contributed by atoms with Gasteiger partial charge in [-0.2, -0.15) is 13.2 Å². The van der Waals surface area contributed by atoms with Crippen LogP contribution in [0.1, 0.15) is 62.6 Å². The first-order chi connectivity index (χ1) is 9.93. The summed E-state index contributed by atoms with van der Waals surface area (Å²) in [5.41, 5.74) is 5.86. The maximum Gasteiger partial charge on any atom is 0.416 e. The van der Waals surface area contributed by atoms with E-state index in [-0.39, 0.29) is 11.5 Å². The summed E-state index contributed by atoms with van der Waals surface area (Å²) in [5.74, 6) is 0.901. The molecule has 4 heteroatoms. The molecule has 1 aromatic carbocycles. The quantitative estimate of drug-likeness (QED) is 0.801. The molecule has 0 radical (unpaired) electrons.